The first-order chi connectivity index (χ1) is 14.7. The quantitative estimate of drug-likeness (QED) is 0.745. The Balaban J connectivity index is 1.42. The normalized spacial score (nSPS) is 20.1. The zero-order valence-corrected chi connectivity index (χ0v) is 17.8. The van der Waals surface area contributed by atoms with Crippen molar-refractivity contribution in [3.05, 3.63) is 36.7 Å². The highest BCUT2D eigenvalue weighted by molar-refractivity contribution is 5.79. The Morgan fingerprint density at radius 3 is 2.57 bits per heavy atom. The number of hydrogen-bond acceptors (Lipinski definition) is 6. The number of para-hydroxylation sites is 2. The molecule has 0 bridgehead atoms. The van der Waals surface area contributed by atoms with E-state index in [1.807, 2.05) is 30.3 Å². The molecule has 0 unspecified atom stereocenters. The van der Waals surface area contributed by atoms with Crippen LogP contribution in [0.1, 0.15) is 39.0 Å². The van der Waals surface area contributed by atoms with Crippen LogP contribution in [0.2, 0.25) is 0 Å². The summed E-state index contributed by atoms with van der Waals surface area (Å²) in [6, 6.07) is 9.48. The van der Waals surface area contributed by atoms with Gasteiger partial charge in [-0.15, -0.1) is 0 Å². The largest absolute Gasteiger partial charge is 0.493 e. The summed E-state index contributed by atoms with van der Waals surface area (Å²) in [6.07, 6.45) is 7.23. The zero-order valence-electron chi connectivity index (χ0n) is 17.8. The second-order valence-electron chi connectivity index (χ2n) is 8.13. The Kier molecular flexibility index (Phi) is 6.35. The predicted octanol–water partition coefficient (Wildman–Crippen LogP) is 3.89. The molecule has 160 valence electrons. The molecule has 30 heavy (non-hydrogen) atoms. The Labute approximate surface area is 178 Å². The van der Waals surface area contributed by atoms with Gasteiger partial charge < -0.3 is 19.3 Å². The number of nitrogens with zero attached hydrogens (tertiary/aromatic N) is 4. The second-order valence-corrected chi connectivity index (χ2v) is 8.13. The fourth-order valence-corrected chi connectivity index (χ4v) is 4.45. The minimum Gasteiger partial charge on any atom is -0.493 e. The Morgan fingerprint density at radius 2 is 1.83 bits per heavy atom. The molecule has 1 aromatic carbocycles. The molecule has 0 N–H and O–H groups in total. The van der Waals surface area contributed by atoms with E-state index in [2.05, 4.69) is 26.7 Å². The lowest BCUT2D eigenvalue weighted by Gasteiger charge is -2.42. The summed E-state index contributed by atoms with van der Waals surface area (Å²) in [5.74, 6) is 3.10. The SMILES string of the molecule is COc1ccccc1Oc1cc(N2CCN(C(=O)C3CCCCC3)[C@@H](C)C2)ncn1. The van der Waals surface area contributed by atoms with Crippen LogP contribution in [-0.4, -0.2) is 53.6 Å². The number of rotatable bonds is 5. The molecular weight excluding hydrogens is 380 g/mol. The van der Waals surface area contributed by atoms with Gasteiger partial charge in [-0.25, -0.2) is 9.97 Å². The summed E-state index contributed by atoms with van der Waals surface area (Å²) in [4.78, 5) is 25.9. The molecule has 1 saturated heterocycles. The van der Waals surface area contributed by atoms with Crippen LogP contribution in [0.25, 0.3) is 0 Å². The van der Waals surface area contributed by atoms with Crippen molar-refractivity contribution in [3.63, 3.8) is 0 Å². The van der Waals surface area contributed by atoms with Gasteiger partial charge in [-0.3, -0.25) is 4.79 Å². The van der Waals surface area contributed by atoms with Gasteiger partial charge in [0.1, 0.15) is 12.1 Å². The topological polar surface area (TPSA) is 67.8 Å². The van der Waals surface area contributed by atoms with Crippen molar-refractivity contribution in [1.29, 1.82) is 0 Å². The minimum absolute atomic E-state index is 0.154. The van der Waals surface area contributed by atoms with E-state index in [0.29, 0.717) is 23.3 Å². The van der Waals surface area contributed by atoms with Crippen LogP contribution in [-0.2, 0) is 4.79 Å². The van der Waals surface area contributed by atoms with Crippen LogP contribution >= 0.6 is 0 Å². The molecular formula is C23H30N4O3. The first kappa shape index (κ1) is 20.4. The van der Waals surface area contributed by atoms with Crippen LogP contribution < -0.4 is 14.4 Å². The van der Waals surface area contributed by atoms with E-state index < -0.39 is 0 Å². The molecule has 7 nitrogen and oxygen atoms in total. The summed E-state index contributed by atoms with van der Waals surface area (Å²) < 4.78 is 11.3. The first-order valence-electron chi connectivity index (χ1n) is 10.8. The third kappa shape index (κ3) is 4.50. The molecule has 1 atom stereocenters. The monoisotopic (exact) mass is 410 g/mol. The molecule has 1 saturated carbocycles. The van der Waals surface area contributed by atoms with Gasteiger partial charge in [-0.1, -0.05) is 31.4 Å². The van der Waals surface area contributed by atoms with Crippen molar-refractivity contribution in [2.75, 3.05) is 31.6 Å². The highest BCUT2D eigenvalue weighted by atomic mass is 16.5. The Bertz CT molecular complexity index is 869. The fraction of sp³-hybridized carbons (Fsp3) is 0.522. The standard InChI is InChI=1S/C23H30N4O3/c1-17-15-26(12-13-27(17)23(28)18-8-4-3-5-9-18)21-14-22(25-16-24-21)30-20-11-7-6-10-19(20)29-2/h6-7,10-11,14,16-18H,3-5,8-9,12-13,15H2,1-2H3/t17-/m0/s1. The number of amides is 1. The highest BCUT2D eigenvalue weighted by Gasteiger charge is 2.32. The fourth-order valence-electron chi connectivity index (χ4n) is 4.45. The molecule has 1 aromatic heterocycles. The molecule has 2 aliphatic rings. The predicted molar refractivity (Wildman–Crippen MR) is 115 cm³/mol. The molecule has 2 fully saturated rings. The van der Waals surface area contributed by atoms with E-state index in [1.165, 1.54) is 25.6 Å². The van der Waals surface area contributed by atoms with Crippen LogP contribution in [0.15, 0.2) is 36.7 Å². The van der Waals surface area contributed by atoms with E-state index in [1.54, 1.807) is 7.11 Å². The van der Waals surface area contributed by atoms with Crippen LogP contribution in [0.4, 0.5) is 5.82 Å². The number of anilines is 1. The smallest absolute Gasteiger partial charge is 0.226 e. The lowest BCUT2D eigenvalue weighted by atomic mass is 9.88. The van der Waals surface area contributed by atoms with Crippen molar-refractivity contribution >= 4 is 11.7 Å². The number of benzene rings is 1. The number of piperazine rings is 1. The maximum atomic E-state index is 13.0. The number of methoxy groups -OCH3 is 1. The maximum Gasteiger partial charge on any atom is 0.226 e. The molecule has 0 radical (unpaired) electrons. The molecule has 2 aromatic rings. The first-order valence-corrected chi connectivity index (χ1v) is 10.8. The Hall–Kier alpha value is -2.83. The van der Waals surface area contributed by atoms with E-state index in [9.17, 15) is 4.79 Å². The van der Waals surface area contributed by atoms with Gasteiger partial charge >= 0.3 is 0 Å². The van der Waals surface area contributed by atoms with Crippen molar-refractivity contribution < 1.29 is 14.3 Å². The van der Waals surface area contributed by atoms with Crippen molar-refractivity contribution in [1.82, 2.24) is 14.9 Å². The van der Waals surface area contributed by atoms with E-state index in [4.69, 9.17) is 9.47 Å². The van der Waals surface area contributed by atoms with Crippen molar-refractivity contribution in [2.24, 2.45) is 5.92 Å². The van der Waals surface area contributed by atoms with Gasteiger partial charge in [-0.05, 0) is 31.9 Å². The molecule has 2 heterocycles. The molecule has 1 aliphatic carbocycles. The molecule has 1 amide bonds. The van der Waals surface area contributed by atoms with E-state index in [-0.39, 0.29) is 12.0 Å². The van der Waals surface area contributed by atoms with E-state index >= 15 is 0 Å². The van der Waals surface area contributed by atoms with Crippen molar-refractivity contribution in [3.8, 4) is 17.4 Å². The number of aromatic nitrogens is 2. The van der Waals surface area contributed by atoms with Crippen LogP contribution in [0, 0.1) is 5.92 Å². The summed E-state index contributed by atoms with van der Waals surface area (Å²) in [7, 11) is 1.61. The zero-order chi connectivity index (χ0) is 20.9. The third-order valence-corrected chi connectivity index (χ3v) is 6.10. The van der Waals surface area contributed by atoms with Gasteiger partial charge in [0, 0.05) is 37.7 Å². The highest BCUT2D eigenvalue weighted by Crippen LogP contribution is 2.31. The van der Waals surface area contributed by atoms with Crippen LogP contribution in [0.3, 0.4) is 0 Å². The average Bonchev–Trinajstić information content (AvgIpc) is 2.80. The van der Waals surface area contributed by atoms with Crippen LogP contribution in [0.5, 0.6) is 17.4 Å². The van der Waals surface area contributed by atoms with Gasteiger partial charge in [0.15, 0.2) is 11.5 Å². The lowest BCUT2D eigenvalue weighted by molar-refractivity contribution is -0.139. The summed E-state index contributed by atoms with van der Waals surface area (Å²) in [6.45, 7) is 4.36. The Morgan fingerprint density at radius 1 is 1.07 bits per heavy atom. The molecule has 0 spiro atoms. The van der Waals surface area contributed by atoms with E-state index in [0.717, 1.165) is 38.3 Å². The van der Waals surface area contributed by atoms with Gasteiger partial charge in [0.2, 0.25) is 11.8 Å². The molecule has 1 aliphatic heterocycles. The maximum absolute atomic E-state index is 13.0. The van der Waals surface area contributed by atoms with Crippen molar-refractivity contribution in [2.45, 2.75) is 45.1 Å². The molecule has 7 heteroatoms. The number of ether oxygens (including phenoxy) is 2. The molecule has 4 rings (SSSR count). The van der Waals surface area contributed by atoms with Gasteiger partial charge in [-0.2, -0.15) is 0 Å². The summed E-state index contributed by atoms with van der Waals surface area (Å²) in [5.41, 5.74) is 0. The number of hydrogen-bond donors (Lipinski definition) is 0. The summed E-state index contributed by atoms with van der Waals surface area (Å²) in [5, 5.41) is 0. The van der Waals surface area contributed by atoms with Gasteiger partial charge in [0.05, 0.1) is 7.11 Å². The minimum atomic E-state index is 0.154. The summed E-state index contributed by atoms with van der Waals surface area (Å²) >= 11 is 0. The second kappa shape index (κ2) is 9.32. The average molecular weight is 411 g/mol. The van der Waals surface area contributed by atoms with Gasteiger partial charge in [0.25, 0.3) is 0 Å². The number of carbonyl (C=O) groups is 1. The number of carbonyl (C=O) groups excluding carboxylic acids is 1. The lowest BCUT2D eigenvalue weighted by Crippen LogP contribution is -2.55. The third-order valence-electron chi connectivity index (χ3n) is 6.10.